The number of allylic oxidation sites excluding steroid dienone is 1. The molecule has 2 N–H and O–H groups in total. The molecule has 1 aromatic carbocycles. The molecule has 1 atom stereocenters. The number of rotatable bonds is 5. The monoisotopic (exact) mass is 504 g/mol. The van der Waals surface area contributed by atoms with Crippen LogP contribution in [0.4, 0.5) is 0 Å². The summed E-state index contributed by atoms with van der Waals surface area (Å²) in [4.78, 5) is 11.6. The van der Waals surface area contributed by atoms with Crippen molar-refractivity contribution in [2.75, 3.05) is 14.2 Å². The number of carboxylic acids is 1. The van der Waals surface area contributed by atoms with E-state index in [-0.39, 0.29) is 6.10 Å². The van der Waals surface area contributed by atoms with Crippen molar-refractivity contribution in [1.29, 1.82) is 0 Å². The number of ether oxygens (including phenoxy) is 1. The molecule has 0 spiro atoms. The molecule has 0 saturated carbocycles. The van der Waals surface area contributed by atoms with Crippen molar-refractivity contribution in [2.45, 2.75) is 47.6 Å². The molecule has 0 radical (unpaired) electrons. The smallest absolute Gasteiger partial charge is 0.336 e. The third-order valence-corrected chi connectivity index (χ3v) is 4.96. The maximum Gasteiger partial charge on any atom is 0.336 e. The molecule has 176 valence electrons. The van der Waals surface area contributed by atoms with Gasteiger partial charge in [-0.25, -0.2) is 4.79 Å². The Morgan fingerprint density at radius 3 is 2.12 bits per heavy atom. The molecule has 3 aromatic rings. The molecule has 0 aliphatic rings. The lowest BCUT2D eigenvalue weighted by Gasteiger charge is -2.22. The van der Waals surface area contributed by atoms with Crippen molar-refractivity contribution in [3.63, 3.8) is 0 Å². The van der Waals surface area contributed by atoms with Gasteiger partial charge in [-0.1, -0.05) is 62.3 Å². The number of pyridine rings is 1. The Hall–Kier alpha value is -2.57. The molecule has 2 heterocycles. The summed E-state index contributed by atoms with van der Waals surface area (Å²) in [5.41, 5.74) is 4.64. The molecule has 6 heteroatoms. The number of methoxy groups -OCH3 is 1. The average molecular weight is 505 g/mol. The van der Waals surface area contributed by atoms with Crippen molar-refractivity contribution in [1.82, 2.24) is 9.72 Å². The zero-order valence-electron chi connectivity index (χ0n) is 20.5. The van der Waals surface area contributed by atoms with Gasteiger partial charge in [0.05, 0.1) is 11.3 Å². The molecule has 32 heavy (non-hydrogen) atoms. The van der Waals surface area contributed by atoms with Crippen LogP contribution in [0.3, 0.4) is 0 Å². The van der Waals surface area contributed by atoms with E-state index >= 15 is 0 Å². The van der Waals surface area contributed by atoms with Gasteiger partial charge < -0.3 is 19.6 Å². The van der Waals surface area contributed by atoms with Crippen LogP contribution >= 0.6 is 15.9 Å². The lowest BCUT2D eigenvalue weighted by Crippen LogP contribution is -2.14. The number of benzene rings is 1. The van der Waals surface area contributed by atoms with Gasteiger partial charge in [-0.15, -0.1) is 0 Å². The van der Waals surface area contributed by atoms with Gasteiger partial charge in [-0.2, -0.15) is 0 Å². The topological polar surface area (TPSA) is 63.0 Å². The van der Waals surface area contributed by atoms with Crippen LogP contribution in [-0.2, 0) is 4.74 Å². The number of fused-ring (bicyclic) bond motifs is 1. The molecule has 0 saturated heterocycles. The Kier molecular flexibility index (Phi) is 14.0. The van der Waals surface area contributed by atoms with E-state index in [4.69, 9.17) is 4.74 Å². The maximum atomic E-state index is 11.6. The number of hydrogen-bond donors (Lipinski definition) is 2. The Labute approximate surface area is 201 Å². The van der Waals surface area contributed by atoms with E-state index in [0.717, 1.165) is 26.9 Å². The molecule has 0 aliphatic carbocycles. The summed E-state index contributed by atoms with van der Waals surface area (Å²) in [5.74, 6) is -0.932. The lowest BCUT2D eigenvalue weighted by atomic mass is 9.98. The van der Waals surface area contributed by atoms with Crippen molar-refractivity contribution in [3.8, 4) is 0 Å². The summed E-state index contributed by atoms with van der Waals surface area (Å²) in [5, 5.41) is 12.3. The van der Waals surface area contributed by atoms with Gasteiger partial charge in [0.2, 0.25) is 0 Å². The molecule has 0 bridgehead atoms. The standard InChI is InChI=1S/C18H16BrNO3.C4H9N.2C2H6/c1-11-15(18(21)22)10-14-4-3-9-20(14)16(11)17(23-2)12-5-7-13(19)8-6-12;1-4(2)5-3;2*1-2/h3-10,17H,1-2H3,(H,21,22);5H,1H2,2-3H3;2*1-2H3. The summed E-state index contributed by atoms with van der Waals surface area (Å²) < 4.78 is 8.69. The van der Waals surface area contributed by atoms with Gasteiger partial charge in [0, 0.05) is 30.3 Å². The van der Waals surface area contributed by atoms with Gasteiger partial charge in [-0.05, 0) is 61.0 Å². The Morgan fingerprint density at radius 1 is 1.16 bits per heavy atom. The van der Waals surface area contributed by atoms with Crippen LogP contribution in [0.1, 0.15) is 67.9 Å². The van der Waals surface area contributed by atoms with Crippen molar-refractivity contribution >= 4 is 27.4 Å². The number of aromatic nitrogens is 1. The minimum Gasteiger partial charge on any atom is -0.478 e. The highest BCUT2D eigenvalue weighted by molar-refractivity contribution is 9.10. The molecular weight excluding hydrogens is 468 g/mol. The number of carboxylic acid groups (broad SMARTS) is 1. The second kappa shape index (κ2) is 15.3. The second-order valence-electron chi connectivity index (χ2n) is 6.37. The third kappa shape index (κ3) is 7.84. The first-order valence-corrected chi connectivity index (χ1v) is 11.5. The van der Waals surface area contributed by atoms with Crippen molar-refractivity contribution < 1.29 is 14.6 Å². The summed E-state index contributed by atoms with van der Waals surface area (Å²) in [6.45, 7) is 15.3. The molecule has 0 fully saturated rings. The summed E-state index contributed by atoms with van der Waals surface area (Å²) in [6.07, 6.45) is 1.58. The molecular formula is C26H37BrN2O3. The van der Waals surface area contributed by atoms with Crippen LogP contribution < -0.4 is 5.32 Å². The zero-order valence-corrected chi connectivity index (χ0v) is 22.1. The highest BCUT2D eigenvalue weighted by atomic mass is 79.9. The number of halogens is 1. The first kappa shape index (κ1) is 29.4. The van der Waals surface area contributed by atoms with Crippen LogP contribution in [-0.4, -0.2) is 29.6 Å². The summed E-state index contributed by atoms with van der Waals surface area (Å²) in [6, 6.07) is 13.3. The molecule has 5 nitrogen and oxygen atoms in total. The number of nitrogens with zero attached hydrogens (tertiary/aromatic N) is 1. The lowest BCUT2D eigenvalue weighted by molar-refractivity contribution is 0.0695. The molecule has 1 unspecified atom stereocenters. The van der Waals surface area contributed by atoms with E-state index in [1.807, 2.05) is 95.6 Å². The normalized spacial score (nSPS) is 10.4. The predicted molar refractivity (Wildman–Crippen MR) is 139 cm³/mol. The summed E-state index contributed by atoms with van der Waals surface area (Å²) >= 11 is 3.43. The van der Waals surface area contributed by atoms with E-state index in [0.29, 0.717) is 11.1 Å². The molecule has 0 aliphatic heterocycles. The van der Waals surface area contributed by atoms with E-state index in [1.165, 1.54) is 0 Å². The van der Waals surface area contributed by atoms with Crippen molar-refractivity contribution in [3.05, 3.63) is 87.8 Å². The largest absolute Gasteiger partial charge is 0.478 e. The SMILES string of the molecule is C=C(C)NC.CC.CC.COC(c1ccc(Br)cc1)c1c(C)c(C(=O)O)cc2cccn12. The fourth-order valence-electron chi connectivity index (χ4n) is 2.89. The van der Waals surface area contributed by atoms with E-state index < -0.39 is 5.97 Å². The van der Waals surface area contributed by atoms with E-state index in [9.17, 15) is 9.90 Å². The Bertz CT molecular complexity index is 979. The first-order valence-electron chi connectivity index (χ1n) is 10.8. The van der Waals surface area contributed by atoms with Crippen LogP contribution in [0.15, 0.2) is 65.4 Å². The molecule has 3 rings (SSSR count). The average Bonchev–Trinajstić information content (AvgIpc) is 3.27. The second-order valence-corrected chi connectivity index (χ2v) is 7.29. The minimum absolute atomic E-state index is 0.297. The third-order valence-electron chi connectivity index (χ3n) is 4.43. The van der Waals surface area contributed by atoms with Gasteiger partial charge in [0.1, 0.15) is 6.10 Å². The van der Waals surface area contributed by atoms with Gasteiger partial charge >= 0.3 is 5.97 Å². The van der Waals surface area contributed by atoms with Crippen LogP contribution in [0, 0.1) is 6.92 Å². The number of hydrogen-bond acceptors (Lipinski definition) is 3. The molecule has 0 amide bonds. The van der Waals surface area contributed by atoms with E-state index in [2.05, 4.69) is 27.8 Å². The fraction of sp³-hybridized carbons (Fsp3) is 0.346. The summed E-state index contributed by atoms with van der Waals surface area (Å²) in [7, 11) is 3.48. The number of nitrogens with one attached hydrogen (secondary N) is 1. The first-order chi connectivity index (χ1) is 15.3. The van der Waals surface area contributed by atoms with Crippen LogP contribution in [0.25, 0.3) is 5.52 Å². The van der Waals surface area contributed by atoms with Gasteiger partial charge in [-0.3, -0.25) is 0 Å². The Morgan fingerprint density at radius 2 is 1.69 bits per heavy atom. The van der Waals surface area contributed by atoms with E-state index in [1.54, 1.807) is 13.2 Å². The maximum absolute atomic E-state index is 11.6. The van der Waals surface area contributed by atoms with Crippen molar-refractivity contribution in [2.24, 2.45) is 0 Å². The van der Waals surface area contributed by atoms with Gasteiger partial charge in [0.25, 0.3) is 0 Å². The molecule has 2 aromatic heterocycles. The fourth-order valence-corrected chi connectivity index (χ4v) is 3.16. The predicted octanol–water partition coefficient (Wildman–Crippen LogP) is 7.24. The number of carbonyl (C=O) groups is 1. The zero-order chi connectivity index (χ0) is 24.8. The Balaban J connectivity index is 0.000000928. The highest BCUT2D eigenvalue weighted by Gasteiger charge is 2.23. The quantitative estimate of drug-likeness (QED) is 0.384. The number of aromatic carboxylic acids is 1. The van der Waals surface area contributed by atoms with Crippen LogP contribution in [0.5, 0.6) is 0 Å². The van der Waals surface area contributed by atoms with Crippen LogP contribution in [0.2, 0.25) is 0 Å². The minimum atomic E-state index is -0.932. The van der Waals surface area contributed by atoms with Gasteiger partial charge in [0.15, 0.2) is 0 Å². The highest BCUT2D eigenvalue weighted by Crippen LogP contribution is 2.31.